The molecule has 1 unspecified atom stereocenters. The molecule has 3 aromatic carbocycles. The van der Waals surface area contributed by atoms with E-state index in [1.54, 1.807) is 6.20 Å². The Kier molecular flexibility index (Phi) is 5.86. The molecule has 0 saturated carbocycles. The van der Waals surface area contributed by atoms with E-state index in [9.17, 15) is 4.79 Å². The summed E-state index contributed by atoms with van der Waals surface area (Å²) in [6.45, 7) is 0.721. The number of nitrogens with one attached hydrogen (secondary N) is 1. The number of aryl methyl sites for hydroxylation is 1. The van der Waals surface area contributed by atoms with E-state index in [2.05, 4.69) is 52.8 Å². The number of fused-ring (bicyclic) bond motifs is 1. The molecule has 4 aromatic rings. The number of nitrogens with zero attached hydrogens (tertiary/aromatic N) is 2. The molecule has 0 aliphatic heterocycles. The molecule has 1 aromatic heterocycles. The average molecular weight is 385 g/mol. The van der Waals surface area contributed by atoms with Crippen molar-refractivity contribution in [3.8, 4) is 5.75 Å². The fraction of sp³-hybridized carbons (Fsp3) is 0.167. The first-order chi connectivity index (χ1) is 14.3. The maximum atomic E-state index is 10.6. The molecule has 146 valence electrons. The Morgan fingerprint density at radius 1 is 1.03 bits per heavy atom. The van der Waals surface area contributed by atoms with E-state index in [-0.39, 0.29) is 6.10 Å². The Morgan fingerprint density at radius 2 is 1.86 bits per heavy atom. The van der Waals surface area contributed by atoms with Gasteiger partial charge in [0.05, 0.1) is 12.9 Å². The number of carbonyl (C=O) groups is 1. The van der Waals surface area contributed by atoms with E-state index in [4.69, 9.17) is 4.74 Å². The van der Waals surface area contributed by atoms with Crippen molar-refractivity contribution >= 4 is 22.9 Å². The molecule has 0 spiro atoms. The van der Waals surface area contributed by atoms with Gasteiger partial charge in [-0.3, -0.25) is 4.79 Å². The minimum absolute atomic E-state index is 0.00644. The molecule has 5 heteroatoms. The summed E-state index contributed by atoms with van der Waals surface area (Å²) in [5.41, 5.74) is 2.07. The van der Waals surface area contributed by atoms with Crippen LogP contribution in [0.25, 0.3) is 10.8 Å². The number of hydrogen-bond donors (Lipinski definition) is 1. The summed E-state index contributed by atoms with van der Waals surface area (Å²) >= 11 is 0. The highest BCUT2D eigenvalue weighted by molar-refractivity contribution is 5.85. The highest BCUT2D eigenvalue weighted by Crippen LogP contribution is 2.23. The predicted octanol–water partition coefficient (Wildman–Crippen LogP) is 4.69. The lowest BCUT2D eigenvalue weighted by Gasteiger charge is -2.20. The van der Waals surface area contributed by atoms with Crippen molar-refractivity contribution in [3.05, 3.63) is 91.0 Å². The van der Waals surface area contributed by atoms with Gasteiger partial charge >= 0.3 is 0 Å². The minimum Gasteiger partial charge on any atom is -0.489 e. The maximum absolute atomic E-state index is 10.6. The summed E-state index contributed by atoms with van der Waals surface area (Å²) in [6, 6.07) is 22.4. The van der Waals surface area contributed by atoms with Crippen molar-refractivity contribution in [1.82, 2.24) is 9.55 Å². The Balaban J connectivity index is 1.50. The average Bonchev–Trinajstić information content (AvgIpc) is 3.27. The Labute approximate surface area is 170 Å². The first-order valence-electron chi connectivity index (χ1n) is 9.71. The summed E-state index contributed by atoms with van der Waals surface area (Å²) in [5, 5.41) is 5.19. The van der Waals surface area contributed by atoms with Crippen LogP contribution in [-0.2, 0) is 17.8 Å². The normalized spacial score (nSPS) is 11.9. The van der Waals surface area contributed by atoms with Gasteiger partial charge in [0.25, 0.3) is 0 Å². The maximum Gasteiger partial charge on any atom is 0.211 e. The van der Waals surface area contributed by atoms with Gasteiger partial charge in [-0.15, -0.1) is 0 Å². The third-order valence-corrected chi connectivity index (χ3v) is 4.97. The number of amides is 1. The van der Waals surface area contributed by atoms with Crippen molar-refractivity contribution in [3.63, 3.8) is 0 Å². The molecule has 1 atom stereocenters. The van der Waals surface area contributed by atoms with E-state index in [1.165, 1.54) is 16.3 Å². The molecule has 0 radical (unpaired) electrons. The Hall–Kier alpha value is -3.60. The van der Waals surface area contributed by atoms with Crippen molar-refractivity contribution in [2.75, 3.05) is 5.32 Å². The summed E-state index contributed by atoms with van der Waals surface area (Å²) in [5.74, 6) is 0.782. The third kappa shape index (κ3) is 4.82. The van der Waals surface area contributed by atoms with E-state index in [1.807, 2.05) is 41.4 Å². The Bertz CT molecular complexity index is 1050. The topological polar surface area (TPSA) is 56.1 Å². The number of anilines is 1. The lowest BCUT2D eigenvalue weighted by atomic mass is 9.99. The number of hydrogen-bond acceptors (Lipinski definition) is 3. The zero-order valence-electron chi connectivity index (χ0n) is 16.1. The molecule has 0 fully saturated rings. The number of ether oxygens (including phenoxy) is 1. The smallest absolute Gasteiger partial charge is 0.211 e. The zero-order valence-corrected chi connectivity index (χ0v) is 16.1. The number of rotatable bonds is 9. The number of aromatic nitrogens is 2. The lowest BCUT2D eigenvalue weighted by molar-refractivity contribution is -0.105. The molecular weight excluding hydrogens is 362 g/mol. The molecule has 0 aliphatic rings. The minimum atomic E-state index is -0.00644. The summed E-state index contributed by atoms with van der Waals surface area (Å²) < 4.78 is 8.33. The molecule has 5 nitrogen and oxygen atoms in total. The van der Waals surface area contributed by atoms with Crippen LogP contribution in [0.4, 0.5) is 5.69 Å². The van der Waals surface area contributed by atoms with Crippen molar-refractivity contribution in [2.24, 2.45) is 0 Å². The van der Waals surface area contributed by atoms with Gasteiger partial charge in [0.15, 0.2) is 0 Å². The zero-order chi connectivity index (χ0) is 19.9. The highest BCUT2D eigenvalue weighted by atomic mass is 16.5. The van der Waals surface area contributed by atoms with E-state index in [0.717, 1.165) is 30.8 Å². The van der Waals surface area contributed by atoms with Gasteiger partial charge in [-0.05, 0) is 53.4 Å². The number of benzene rings is 3. The third-order valence-electron chi connectivity index (χ3n) is 4.97. The molecule has 1 heterocycles. The molecule has 0 saturated heterocycles. The summed E-state index contributed by atoms with van der Waals surface area (Å²) in [4.78, 5) is 14.7. The van der Waals surface area contributed by atoms with Crippen LogP contribution in [0.2, 0.25) is 0 Å². The lowest BCUT2D eigenvalue weighted by Crippen LogP contribution is -2.23. The predicted molar refractivity (Wildman–Crippen MR) is 115 cm³/mol. The van der Waals surface area contributed by atoms with Gasteiger partial charge in [0, 0.05) is 18.1 Å². The van der Waals surface area contributed by atoms with E-state index >= 15 is 0 Å². The second-order valence-corrected chi connectivity index (χ2v) is 6.96. The quantitative estimate of drug-likeness (QED) is 0.426. The van der Waals surface area contributed by atoms with Gasteiger partial charge in [-0.1, -0.05) is 42.5 Å². The highest BCUT2D eigenvalue weighted by Gasteiger charge is 2.13. The van der Waals surface area contributed by atoms with Crippen LogP contribution >= 0.6 is 0 Å². The molecule has 0 bridgehead atoms. The summed E-state index contributed by atoms with van der Waals surface area (Å²) in [7, 11) is 0. The number of carbonyl (C=O) groups excluding carboxylic acids is 1. The second-order valence-electron chi connectivity index (χ2n) is 6.96. The largest absolute Gasteiger partial charge is 0.489 e. The molecule has 0 aliphatic carbocycles. The van der Waals surface area contributed by atoms with E-state index in [0.29, 0.717) is 6.41 Å². The van der Waals surface area contributed by atoms with Crippen LogP contribution in [0, 0.1) is 0 Å². The van der Waals surface area contributed by atoms with Crippen LogP contribution in [-0.4, -0.2) is 22.1 Å². The van der Waals surface area contributed by atoms with Gasteiger partial charge in [-0.25, -0.2) is 4.98 Å². The molecular formula is C24H23N3O2. The van der Waals surface area contributed by atoms with E-state index < -0.39 is 0 Å². The fourth-order valence-corrected chi connectivity index (χ4v) is 3.53. The Morgan fingerprint density at radius 3 is 2.66 bits per heavy atom. The number of imidazole rings is 1. The van der Waals surface area contributed by atoms with Gasteiger partial charge in [-0.2, -0.15) is 0 Å². The van der Waals surface area contributed by atoms with Crippen LogP contribution in [0.1, 0.15) is 12.0 Å². The first-order valence-corrected chi connectivity index (χ1v) is 9.71. The SMILES string of the molecule is O=CNc1ccc(OC(CCc2cccc3ccccc23)Cn2ccnc2)cc1. The molecule has 4 rings (SSSR count). The van der Waals surface area contributed by atoms with Crippen LogP contribution in [0.3, 0.4) is 0 Å². The fourth-order valence-electron chi connectivity index (χ4n) is 3.53. The van der Waals surface area contributed by atoms with Gasteiger partial charge in [0.1, 0.15) is 11.9 Å². The standard InChI is InChI=1S/C24H23N3O2/c28-18-26-21-9-12-22(13-10-21)29-23(16-27-15-14-25-17-27)11-8-20-6-3-5-19-4-1-2-7-24(19)20/h1-7,9-10,12-15,17-18,23H,8,11,16H2,(H,26,28). The van der Waals surface area contributed by atoms with Crippen molar-refractivity contribution < 1.29 is 9.53 Å². The monoisotopic (exact) mass is 385 g/mol. The van der Waals surface area contributed by atoms with Gasteiger partial charge in [0.2, 0.25) is 6.41 Å². The van der Waals surface area contributed by atoms with Crippen molar-refractivity contribution in [1.29, 1.82) is 0 Å². The summed E-state index contributed by atoms with van der Waals surface area (Å²) in [6.07, 6.45) is 8.00. The molecule has 1 N–H and O–H groups in total. The van der Waals surface area contributed by atoms with Crippen molar-refractivity contribution in [2.45, 2.75) is 25.5 Å². The first kappa shape index (κ1) is 18.7. The van der Waals surface area contributed by atoms with Crippen LogP contribution < -0.4 is 10.1 Å². The van der Waals surface area contributed by atoms with Crippen LogP contribution in [0.15, 0.2) is 85.5 Å². The molecule has 1 amide bonds. The van der Waals surface area contributed by atoms with Gasteiger partial charge < -0.3 is 14.6 Å². The second kappa shape index (κ2) is 9.06. The van der Waals surface area contributed by atoms with Crippen LogP contribution in [0.5, 0.6) is 5.75 Å². The molecule has 29 heavy (non-hydrogen) atoms.